The molecule has 0 aromatic heterocycles. The molecular weight excluding hydrogens is 214 g/mol. The number of benzene rings is 1. The van der Waals surface area contributed by atoms with Crippen molar-refractivity contribution in [3.8, 4) is 5.75 Å². The first-order chi connectivity index (χ1) is 8.08. The van der Waals surface area contributed by atoms with E-state index in [9.17, 15) is 0 Å². The first kappa shape index (κ1) is 14.0. The largest absolute Gasteiger partial charge is 0.496 e. The normalized spacial score (nSPS) is 12.8. The van der Waals surface area contributed by atoms with Gasteiger partial charge in [-0.2, -0.15) is 0 Å². The van der Waals surface area contributed by atoms with Crippen molar-refractivity contribution in [2.75, 3.05) is 13.7 Å². The van der Waals surface area contributed by atoms with Crippen molar-refractivity contribution in [3.05, 3.63) is 29.3 Å². The lowest BCUT2D eigenvalue weighted by molar-refractivity contribution is 0.250. The minimum atomic E-state index is 0.101. The first-order valence-corrected chi connectivity index (χ1v) is 6.09. The molecule has 1 aromatic rings. The molecule has 0 fully saturated rings. The Morgan fingerprint density at radius 1 is 1.29 bits per heavy atom. The van der Waals surface area contributed by atoms with Crippen LogP contribution in [-0.2, 0) is 6.54 Å². The maximum atomic E-state index is 8.96. The molecule has 0 saturated carbocycles. The van der Waals surface area contributed by atoms with E-state index in [1.165, 1.54) is 5.56 Å². The van der Waals surface area contributed by atoms with Gasteiger partial charge in [-0.25, -0.2) is 0 Å². The van der Waals surface area contributed by atoms with Crippen LogP contribution in [-0.4, -0.2) is 24.9 Å². The fourth-order valence-corrected chi connectivity index (χ4v) is 1.62. The van der Waals surface area contributed by atoms with Crippen LogP contribution in [0.3, 0.4) is 0 Å². The molecule has 0 heterocycles. The van der Waals surface area contributed by atoms with Crippen molar-refractivity contribution >= 4 is 0 Å². The number of rotatable bonds is 6. The molecule has 3 heteroatoms. The van der Waals surface area contributed by atoms with Crippen LogP contribution in [0.4, 0.5) is 0 Å². The van der Waals surface area contributed by atoms with Gasteiger partial charge in [0.05, 0.1) is 13.7 Å². The lowest BCUT2D eigenvalue weighted by atomic mass is 10.0. The van der Waals surface area contributed by atoms with E-state index >= 15 is 0 Å². The number of aliphatic hydroxyl groups is 1. The predicted molar refractivity (Wildman–Crippen MR) is 70.5 cm³/mol. The van der Waals surface area contributed by atoms with Gasteiger partial charge < -0.3 is 15.2 Å². The van der Waals surface area contributed by atoms with Crippen molar-refractivity contribution in [1.82, 2.24) is 5.32 Å². The molecule has 3 nitrogen and oxygen atoms in total. The topological polar surface area (TPSA) is 41.5 Å². The van der Waals surface area contributed by atoms with Gasteiger partial charge in [-0.3, -0.25) is 0 Å². The van der Waals surface area contributed by atoms with Gasteiger partial charge in [-0.05, 0) is 24.5 Å². The van der Waals surface area contributed by atoms with E-state index < -0.39 is 0 Å². The van der Waals surface area contributed by atoms with Gasteiger partial charge in [0.15, 0.2) is 0 Å². The van der Waals surface area contributed by atoms with E-state index in [0.29, 0.717) is 12.5 Å². The van der Waals surface area contributed by atoms with Crippen molar-refractivity contribution in [2.45, 2.75) is 39.3 Å². The summed E-state index contributed by atoms with van der Waals surface area (Å²) in [5.74, 6) is 1.41. The highest BCUT2D eigenvalue weighted by molar-refractivity contribution is 5.38. The lowest BCUT2D eigenvalue weighted by Gasteiger charge is -2.15. The smallest absolute Gasteiger partial charge is 0.123 e. The van der Waals surface area contributed by atoms with Crippen LogP contribution in [0.5, 0.6) is 5.75 Å². The summed E-state index contributed by atoms with van der Waals surface area (Å²) >= 11 is 0. The van der Waals surface area contributed by atoms with Gasteiger partial charge in [0.2, 0.25) is 0 Å². The van der Waals surface area contributed by atoms with E-state index in [1.54, 1.807) is 7.11 Å². The van der Waals surface area contributed by atoms with Crippen LogP contribution in [0, 0.1) is 0 Å². The second-order valence-corrected chi connectivity index (χ2v) is 4.69. The minimum Gasteiger partial charge on any atom is -0.496 e. The summed E-state index contributed by atoms with van der Waals surface area (Å²) in [7, 11) is 1.69. The van der Waals surface area contributed by atoms with Crippen LogP contribution in [0.1, 0.15) is 37.8 Å². The number of hydrogen-bond donors (Lipinski definition) is 2. The molecule has 17 heavy (non-hydrogen) atoms. The molecule has 0 spiro atoms. The van der Waals surface area contributed by atoms with Crippen LogP contribution in [0.15, 0.2) is 18.2 Å². The van der Waals surface area contributed by atoms with Crippen LogP contribution in [0.25, 0.3) is 0 Å². The molecule has 0 amide bonds. The summed E-state index contributed by atoms with van der Waals surface area (Å²) in [4.78, 5) is 0. The second-order valence-electron chi connectivity index (χ2n) is 4.69. The zero-order valence-corrected chi connectivity index (χ0v) is 11.2. The lowest BCUT2D eigenvalue weighted by Crippen LogP contribution is -2.28. The third-order valence-corrected chi connectivity index (χ3v) is 2.89. The number of methoxy groups -OCH3 is 1. The van der Waals surface area contributed by atoms with Gasteiger partial charge in [0.1, 0.15) is 5.75 Å². The minimum absolute atomic E-state index is 0.101. The Morgan fingerprint density at radius 3 is 2.53 bits per heavy atom. The van der Waals surface area contributed by atoms with Crippen LogP contribution >= 0.6 is 0 Å². The molecule has 1 unspecified atom stereocenters. The maximum Gasteiger partial charge on any atom is 0.123 e. The summed E-state index contributed by atoms with van der Waals surface area (Å²) in [6, 6.07) is 6.41. The zero-order chi connectivity index (χ0) is 12.8. The number of hydrogen-bond acceptors (Lipinski definition) is 3. The number of aliphatic hydroxyl groups excluding tert-OH is 1. The van der Waals surface area contributed by atoms with E-state index in [1.807, 2.05) is 6.92 Å². The fourth-order valence-electron chi connectivity index (χ4n) is 1.62. The van der Waals surface area contributed by atoms with E-state index in [0.717, 1.165) is 11.3 Å². The quantitative estimate of drug-likeness (QED) is 0.797. The van der Waals surface area contributed by atoms with Crippen molar-refractivity contribution in [3.63, 3.8) is 0 Å². The first-order valence-electron chi connectivity index (χ1n) is 6.09. The Labute approximate surface area is 104 Å². The Hall–Kier alpha value is -1.06. The highest BCUT2D eigenvalue weighted by atomic mass is 16.5. The summed E-state index contributed by atoms with van der Waals surface area (Å²) in [5, 5.41) is 12.2. The summed E-state index contributed by atoms with van der Waals surface area (Å²) in [6.45, 7) is 7.14. The summed E-state index contributed by atoms with van der Waals surface area (Å²) in [5.41, 5.74) is 2.40. The standard InChI is InChI=1S/C14H23NO2/c1-10(2)12-5-6-13(14(7-12)17-4)8-15-11(3)9-16/h5-7,10-11,15-16H,8-9H2,1-4H3. The van der Waals surface area contributed by atoms with Gasteiger partial charge in [0, 0.05) is 18.2 Å². The Bertz CT molecular complexity index is 350. The van der Waals surface area contributed by atoms with Crippen molar-refractivity contribution in [1.29, 1.82) is 0 Å². The number of nitrogens with one attached hydrogen (secondary N) is 1. The molecule has 96 valence electrons. The highest BCUT2D eigenvalue weighted by Gasteiger charge is 2.07. The van der Waals surface area contributed by atoms with E-state index in [4.69, 9.17) is 9.84 Å². The van der Waals surface area contributed by atoms with Crippen LogP contribution in [0.2, 0.25) is 0 Å². The van der Waals surface area contributed by atoms with Crippen LogP contribution < -0.4 is 10.1 Å². The third kappa shape index (κ3) is 4.02. The Morgan fingerprint density at radius 2 is 2.00 bits per heavy atom. The molecule has 2 N–H and O–H groups in total. The molecule has 0 aliphatic rings. The molecule has 1 rings (SSSR count). The summed E-state index contributed by atoms with van der Waals surface area (Å²) in [6.07, 6.45) is 0. The second kappa shape index (κ2) is 6.62. The zero-order valence-electron chi connectivity index (χ0n) is 11.2. The highest BCUT2D eigenvalue weighted by Crippen LogP contribution is 2.24. The monoisotopic (exact) mass is 237 g/mol. The molecule has 0 saturated heterocycles. The molecular formula is C14H23NO2. The SMILES string of the molecule is COc1cc(C(C)C)ccc1CNC(C)CO. The molecule has 0 bridgehead atoms. The molecule has 1 atom stereocenters. The van der Waals surface area contributed by atoms with Crippen molar-refractivity contribution < 1.29 is 9.84 Å². The molecule has 0 aliphatic heterocycles. The molecule has 1 aromatic carbocycles. The van der Waals surface area contributed by atoms with Crippen molar-refractivity contribution in [2.24, 2.45) is 0 Å². The van der Waals surface area contributed by atoms with E-state index in [2.05, 4.69) is 37.4 Å². The Balaban J connectivity index is 2.78. The fraction of sp³-hybridized carbons (Fsp3) is 0.571. The summed E-state index contributed by atoms with van der Waals surface area (Å²) < 4.78 is 5.40. The Kier molecular flexibility index (Phi) is 5.45. The number of ether oxygens (including phenoxy) is 1. The third-order valence-electron chi connectivity index (χ3n) is 2.89. The van der Waals surface area contributed by atoms with E-state index in [-0.39, 0.29) is 12.6 Å². The predicted octanol–water partition coefficient (Wildman–Crippen LogP) is 2.29. The molecule has 0 radical (unpaired) electrons. The van der Waals surface area contributed by atoms with Gasteiger partial charge in [-0.15, -0.1) is 0 Å². The average molecular weight is 237 g/mol. The van der Waals surface area contributed by atoms with Gasteiger partial charge in [-0.1, -0.05) is 26.0 Å². The maximum absolute atomic E-state index is 8.96. The van der Waals surface area contributed by atoms with Gasteiger partial charge in [0.25, 0.3) is 0 Å². The average Bonchev–Trinajstić information content (AvgIpc) is 2.35. The van der Waals surface area contributed by atoms with Gasteiger partial charge >= 0.3 is 0 Å². The molecule has 0 aliphatic carbocycles.